The van der Waals surface area contributed by atoms with Gasteiger partial charge in [0, 0.05) is 31.5 Å². The molecule has 0 aromatic rings. The lowest BCUT2D eigenvalue weighted by molar-refractivity contribution is -0.187. The van der Waals surface area contributed by atoms with Gasteiger partial charge in [-0.05, 0) is 79.9 Å². The first-order valence-electron chi connectivity index (χ1n) is 11.9. The number of nitrogens with one attached hydrogen (secondary N) is 1. The van der Waals surface area contributed by atoms with E-state index in [4.69, 9.17) is 9.47 Å². The first-order valence-corrected chi connectivity index (χ1v) is 11.9. The molecule has 0 unspecified atom stereocenters. The van der Waals surface area contributed by atoms with Crippen molar-refractivity contribution in [3.05, 3.63) is 0 Å². The Balaban J connectivity index is 2.07. The molecular formula is C24H45N3O4. The Kier molecular flexibility index (Phi) is 8.42. The minimum Gasteiger partial charge on any atom is -0.444 e. The second-order valence-electron chi connectivity index (χ2n) is 11.1. The summed E-state index contributed by atoms with van der Waals surface area (Å²) in [5.74, 6) is 0.676. The number of rotatable bonds is 8. The van der Waals surface area contributed by atoms with Crippen LogP contribution < -0.4 is 5.32 Å². The fourth-order valence-corrected chi connectivity index (χ4v) is 4.91. The molecule has 0 radical (unpaired) electrons. The number of carbonyl (C=O) groups is 2. The molecule has 1 aliphatic carbocycles. The van der Waals surface area contributed by atoms with Gasteiger partial charge in [-0.3, -0.25) is 4.79 Å². The van der Waals surface area contributed by atoms with E-state index in [1.807, 2.05) is 46.4 Å². The van der Waals surface area contributed by atoms with E-state index < -0.39 is 22.6 Å². The molecule has 1 aliphatic heterocycles. The first kappa shape index (κ1) is 25.9. The minimum atomic E-state index is -0.993. The highest BCUT2D eigenvalue weighted by Crippen LogP contribution is 2.52. The Morgan fingerprint density at radius 1 is 1.16 bits per heavy atom. The van der Waals surface area contributed by atoms with Crippen LogP contribution in [0.4, 0.5) is 4.79 Å². The zero-order valence-corrected chi connectivity index (χ0v) is 21.0. The molecule has 2 fully saturated rings. The molecule has 1 heterocycles. The average molecular weight is 440 g/mol. The minimum absolute atomic E-state index is 0.00561. The van der Waals surface area contributed by atoms with Crippen molar-refractivity contribution >= 4 is 12.0 Å². The van der Waals surface area contributed by atoms with Crippen LogP contribution >= 0.6 is 0 Å². The van der Waals surface area contributed by atoms with Crippen LogP contribution in [0.15, 0.2) is 0 Å². The van der Waals surface area contributed by atoms with E-state index >= 15 is 0 Å². The lowest BCUT2D eigenvalue weighted by atomic mass is 9.53. The van der Waals surface area contributed by atoms with Gasteiger partial charge in [-0.2, -0.15) is 0 Å². The van der Waals surface area contributed by atoms with Crippen molar-refractivity contribution in [2.75, 3.05) is 40.3 Å². The number of ether oxygens (including phenoxy) is 2. The van der Waals surface area contributed by atoms with Crippen LogP contribution in [0.1, 0.15) is 73.6 Å². The lowest BCUT2D eigenvalue weighted by Crippen LogP contribution is -2.78. The normalized spacial score (nSPS) is 26.5. The maximum Gasteiger partial charge on any atom is 0.408 e. The average Bonchev–Trinajstić information content (AvgIpc) is 2.65. The Morgan fingerprint density at radius 3 is 2.26 bits per heavy atom. The molecule has 2 rings (SSSR count). The molecule has 1 saturated carbocycles. The van der Waals surface area contributed by atoms with Crippen molar-refractivity contribution in [1.29, 1.82) is 0 Å². The van der Waals surface area contributed by atoms with E-state index in [0.717, 1.165) is 32.5 Å². The van der Waals surface area contributed by atoms with Crippen molar-refractivity contribution in [1.82, 2.24) is 15.1 Å². The van der Waals surface area contributed by atoms with Crippen molar-refractivity contribution < 1.29 is 19.1 Å². The van der Waals surface area contributed by atoms with Crippen LogP contribution in [-0.4, -0.2) is 79.4 Å². The van der Waals surface area contributed by atoms with E-state index in [2.05, 4.69) is 24.3 Å². The summed E-state index contributed by atoms with van der Waals surface area (Å²) in [6.07, 6.45) is 4.32. The van der Waals surface area contributed by atoms with Gasteiger partial charge >= 0.3 is 6.09 Å². The molecule has 2 aliphatic rings. The predicted octanol–water partition coefficient (Wildman–Crippen LogP) is 3.67. The molecule has 0 spiro atoms. The van der Waals surface area contributed by atoms with Crippen molar-refractivity contribution in [2.45, 2.75) is 90.9 Å². The Morgan fingerprint density at radius 2 is 1.77 bits per heavy atom. The molecule has 0 aromatic carbocycles. The Bertz CT molecular complexity index is 621. The number of likely N-dealkylation sites (tertiary alicyclic amines) is 1. The largest absolute Gasteiger partial charge is 0.444 e. The summed E-state index contributed by atoms with van der Waals surface area (Å²) < 4.78 is 11.4. The van der Waals surface area contributed by atoms with E-state index in [9.17, 15) is 9.59 Å². The SMILES string of the molecule is CCO[C@@H]1C[C@@](NC(=O)OC(C)(C)C)(C(=O)N2CCC(CCCN(C)C)CC2)C1(C)C. The van der Waals surface area contributed by atoms with Crippen molar-refractivity contribution in [3.63, 3.8) is 0 Å². The zero-order chi connectivity index (χ0) is 23.4. The zero-order valence-electron chi connectivity index (χ0n) is 21.0. The van der Waals surface area contributed by atoms with Gasteiger partial charge in [-0.1, -0.05) is 13.8 Å². The lowest BCUT2D eigenvalue weighted by Gasteiger charge is -2.60. The molecule has 1 N–H and O–H groups in total. The molecular weight excluding hydrogens is 394 g/mol. The molecule has 180 valence electrons. The highest BCUT2D eigenvalue weighted by Gasteiger charge is 2.67. The molecule has 7 nitrogen and oxygen atoms in total. The Hall–Kier alpha value is -1.34. The Labute approximate surface area is 189 Å². The van der Waals surface area contributed by atoms with Gasteiger partial charge in [0.2, 0.25) is 5.91 Å². The summed E-state index contributed by atoms with van der Waals surface area (Å²) >= 11 is 0. The smallest absolute Gasteiger partial charge is 0.408 e. The van der Waals surface area contributed by atoms with Crippen LogP contribution in [0.5, 0.6) is 0 Å². The highest BCUT2D eigenvalue weighted by atomic mass is 16.6. The fourth-order valence-electron chi connectivity index (χ4n) is 4.91. The third-order valence-electron chi connectivity index (χ3n) is 6.96. The maximum absolute atomic E-state index is 13.8. The number of alkyl carbamates (subject to hydrolysis) is 1. The number of carbonyl (C=O) groups excluding carboxylic acids is 2. The van der Waals surface area contributed by atoms with Crippen molar-refractivity contribution in [3.8, 4) is 0 Å². The molecule has 2 atom stereocenters. The maximum atomic E-state index is 13.8. The molecule has 0 bridgehead atoms. The number of hydrogen-bond donors (Lipinski definition) is 1. The molecule has 1 saturated heterocycles. The van der Waals surface area contributed by atoms with Crippen LogP contribution in [-0.2, 0) is 14.3 Å². The van der Waals surface area contributed by atoms with Gasteiger partial charge in [0.05, 0.1) is 6.10 Å². The second-order valence-corrected chi connectivity index (χ2v) is 11.1. The standard InChI is InChI=1S/C24H45N3O4/c1-9-30-19-17-24(23(19,5)6,25-21(29)31-22(2,3)4)20(28)27-15-12-18(13-16-27)11-10-14-26(7)8/h18-19H,9-17H2,1-8H3,(H,25,29)/t19-,24-/m1/s1. The topological polar surface area (TPSA) is 71.1 Å². The number of nitrogens with zero attached hydrogens (tertiary/aromatic N) is 2. The first-order chi connectivity index (χ1) is 14.3. The van der Waals surface area contributed by atoms with E-state index in [0.29, 0.717) is 18.9 Å². The summed E-state index contributed by atoms with van der Waals surface area (Å²) in [4.78, 5) is 30.6. The summed E-state index contributed by atoms with van der Waals surface area (Å²) in [5, 5.41) is 2.98. The van der Waals surface area contributed by atoms with E-state index in [1.54, 1.807) is 0 Å². The van der Waals surface area contributed by atoms with Gasteiger partial charge in [0.1, 0.15) is 11.1 Å². The molecule has 7 heteroatoms. The molecule has 2 amide bonds. The van der Waals surface area contributed by atoms with Crippen LogP contribution in [0.2, 0.25) is 0 Å². The van der Waals surface area contributed by atoms with Crippen LogP contribution in [0, 0.1) is 11.3 Å². The van der Waals surface area contributed by atoms with Crippen LogP contribution in [0.25, 0.3) is 0 Å². The molecule has 0 aromatic heterocycles. The number of piperidine rings is 1. The van der Waals surface area contributed by atoms with Crippen LogP contribution in [0.3, 0.4) is 0 Å². The predicted molar refractivity (Wildman–Crippen MR) is 123 cm³/mol. The second kappa shape index (κ2) is 10.1. The van der Waals surface area contributed by atoms with E-state index in [-0.39, 0.29) is 12.0 Å². The fraction of sp³-hybridized carbons (Fsp3) is 0.917. The summed E-state index contributed by atoms with van der Waals surface area (Å²) in [6, 6.07) is 0. The molecule has 31 heavy (non-hydrogen) atoms. The van der Waals surface area contributed by atoms with Crippen molar-refractivity contribution in [2.24, 2.45) is 11.3 Å². The monoisotopic (exact) mass is 439 g/mol. The van der Waals surface area contributed by atoms with E-state index in [1.165, 1.54) is 12.8 Å². The summed E-state index contributed by atoms with van der Waals surface area (Å²) in [5.41, 5.74) is -2.13. The third-order valence-corrected chi connectivity index (χ3v) is 6.96. The summed E-state index contributed by atoms with van der Waals surface area (Å²) in [7, 11) is 4.21. The van der Waals surface area contributed by atoms with Gasteiger partial charge < -0.3 is 24.6 Å². The van der Waals surface area contributed by atoms with Gasteiger partial charge in [0.25, 0.3) is 0 Å². The summed E-state index contributed by atoms with van der Waals surface area (Å²) in [6.45, 7) is 14.7. The number of hydrogen-bond acceptors (Lipinski definition) is 5. The quantitative estimate of drug-likeness (QED) is 0.625. The third kappa shape index (κ3) is 6.13. The van der Waals surface area contributed by atoms with Gasteiger partial charge in [0.15, 0.2) is 0 Å². The highest BCUT2D eigenvalue weighted by molar-refractivity contribution is 5.92. The number of amides is 2. The van der Waals surface area contributed by atoms with Gasteiger partial charge in [-0.15, -0.1) is 0 Å². The van der Waals surface area contributed by atoms with Gasteiger partial charge in [-0.25, -0.2) is 4.79 Å².